The molecule has 0 saturated heterocycles. The molecule has 0 aliphatic heterocycles. The zero-order valence-corrected chi connectivity index (χ0v) is 18.1. The molecule has 1 aromatic carbocycles. The van der Waals surface area contributed by atoms with Crippen LogP contribution >= 0.6 is 11.6 Å². The van der Waals surface area contributed by atoms with Crippen molar-refractivity contribution in [3.63, 3.8) is 0 Å². The van der Waals surface area contributed by atoms with E-state index in [-0.39, 0.29) is 24.1 Å². The van der Waals surface area contributed by atoms with E-state index in [1.807, 2.05) is 39.0 Å². The summed E-state index contributed by atoms with van der Waals surface area (Å²) >= 11 is 6.00. The number of benzene rings is 1. The minimum atomic E-state index is -0.505. The molecule has 1 aromatic heterocycles. The van der Waals surface area contributed by atoms with Crippen LogP contribution in [0, 0.1) is 0 Å². The molecule has 2 aromatic rings. The summed E-state index contributed by atoms with van der Waals surface area (Å²) in [6, 6.07) is 9.18. The summed E-state index contributed by atoms with van der Waals surface area (Å²) in [4.78, 5) is 31.0. The van der Waals surface area contributed by atoms with Crippen molar-refractivity contribution in [2.45, 2.75) is 64.1 Å². The number of hydrogen-bond acceptors (Lipinski definition) is 4. The topological polar surface area (TPSA) is 71.5 Å². The first-order valence-corrected chi connectivity index (χ1v) is 10.3. The lowest BCUT2D eigenvalue weighted by atomic mass is 9.90. The van der Waals surface area contributed by atoms with E-state index in [0.29, 0.717) is 10.7 Å². The van der Waals surface area contributed by atoms with Crippen LogP contribution in [0.4, 0.5) is 4.79 Å². The second kappa shape index (κ2) is 8.57. The zero-order chi connectivity index (χ0) is 21.2. The molecule has 6 nitrogen and oxygen atoms in total. The van der Waals surface area contributed by atoms with Gasteiger partial charge in [0.05, 0.1) is 5.52 Å². The Morgan fingerprint density at radius 3 is 2.48 bits per heavy atom. The fourth-order valence-corrected chi connectivity index (χ4v) is 3.75. The van der Waals surface area contributed by atoms with Crippen molar-refractivity contribution in [1.82, 2.24) is 15.2 Å². The van der Waals surface area contributed by atoms with Crippen LogP contribution in [0.25, 0.3) is 10.9 Å². The third-order valence-electron chi connectivity index (χ3n) is 5.15. The van der Waals surface area contributed by atoms with Gasteiger partial charge in [0.1, 0.15) is 11.3 Å². The van der Waals surface area contributed by atoms with Crippen LogP contribution in [0.5, 0.6) is 0 Å². The summed E-state index contributed by atoms with van der Waals surface area (Å²) in [6.45, 7) is 5.59. The molecular weight excluding hydrogens is 390 g/mol. The van der Waals surface area contributed by atoms with Gasteiger partial charge in [-0.15, -0.1) is 0 Å². The molecule has 1 fully saturated rings. The van der Waals surface area contributed by atoms with Crippen LogP contribution in [0.3, 0.4) is 0 Å². The molecule has 156 valence electrons. The normalized spacial score (nSPS) is 19.6. The average molecular weight is 418 g/mol. The maximum absolute atomic E-state index is 12.6. The number of amides is 2. The van der Waals surface area contributed by atoms with Gasteiger partial charge in [0.15, 0.2) is 0 Å². The highest BCUT2D eigenvalue weighted by molar-refractivity contribution is 6.31. The summed E-state index contributed by atoms with van der Waals surface area (Å²) in [5, 5.41) is 4.62. The van der Waals surface area contributed by atoms with Gasteiger partial charge in [-0.25, -0.2) is 9.78 Å². The number of fused-ring (bicyclic) bond motifs is 1. The number of hydrogen-bond donors (Lipinski definition) is 1. The van der Waals surface area contributed by atoms with Gasteiger partial charge in [0.2, 0.25) is 0 Å². The van der Waals surface area contributed by atoms with Crippen molar-refractivity contribution >= 4 is 34.5 Å². The average Bonchev–Trinajstić information content (AvgIpc) is 2.66. The van der Waals surface area contributed by atoms with Crippen LogP contribution < -0.4 is 5.32 Å². The lowest BCUT2D eigenvalue weighted by Crippen LogP contribution is -2.46. The van der Waals surface area contributed by atoms with Crippen molar-refractivity contribution in [3.05, 3.63) is 41.0 Å². The smallest absolute Gasteiger partial charge is 0.410 e. The van der Waals surface area contributed by atoms with E-state index >= 15 is 0 Å². The molecule has 1 saturated carbocycles. The Morgan fingerprint density at radius 2 is 1.83 bits per heavy atom. The molecule has 7 heteroatoms. The van der Waals surface area contributed by atoms with Crippen molar-refractivity contribution in [2.24, 2.45) is 0 Å². The monoisotopic (exact) mass is 417 g/mol. The molecule has 0 bridgehead atoms. The predicted molar refractivity (Wildman–Crippen MR) is 114 cm³/mol. The highest BCUT2D eigenvalue weighted by Gasteiger charge is 2.30. The van der Waals surface area contributed by atoms with Crippen molar-refractivity contribution < 1.29 is 14.3 Å². The van der Waals surface area contributed by atoms with E-state index in [9.17, 15) is 9.59 Å². The fraction of sp³-hybridized carbons (Fsp3) is 0.500. The van der Waals surface area contributed by atoms with Crippen LogP contribution in [0.2, 0.25) is 5.02 Å². The molecule has 2 amide bonds. The Labute approximate surface area is 176 Å². The third-order valence-corrected chi connectivity index (χ3v) is 5.38. The van der Waals surface area contributed by atoms with Gasteiger partial charge in [-0.2, -0.15) is 0 Å². The van der Waals surface area contributed by atoms with Crippen LogP contribution in [-0.4, -0.2) is 46.6 Å². The lowest BCUT2D eigenvalue weighted by Gasteiger charge is -2.35. The van der Waals surface area contributed by atoms with E-state index in [4.69, 9.17) is 16.3 Å². The highest BCUT2D eigenvalue weighted by Crippen LogP contribution is 2.24. The van der Waals surface area contributed by atoms with Crippen molar-refractivity contribution in [1.29, 1.82) is 0 Å². The molecule has 1 N–H and O–H groups in total. The Hall–Kier alpha value is -2.34. The second-order valence-corrected chi connectivity index (χ2v) is 9.04. The van der Waals surface area contributed by atoms with Gasteiger partial charge in [-0.05, 0) is 70.7 Å². The lowest BCUT2D eigenvalue weighted by molar-refractivity contribution is 0.0178. The van der Waals surface area contributed by atoms with Gasteiger partial charge in [0.25, 0.3) is 5.91 Å². The molecule has 0 spiro atoms. The van der Waals surface area contributed by atoms with Gasteiger partial charge >= 0.3 is 6.09 Å². The van der Waals surface area contributed by atoms with Crippen LogP contribution in [0.15, 0.2) is 30.3 Å². The standard InChI is InChI=1S/C22H28ClN3O3/c1-22(2,3)29-21(28)26(4)17-9-7-16(8-10-17)24-20(27)19-11-5-14-13-15(23)6-12-18(14)25-19/h5-6,11-13,16-17H,7-10H2,1-4H3,(H,24,27). The van der Waals surface area contributed by atoms with Gasteiger partial charge < -0.3 is 15.0 Å². The number of aromatic nitrogens is 1. The summed E-state index contributed by atoms with van der Waals surface area (Å²) < 4.78 is 5.45. The largest absolute Gasteiger partial charge is 0.444 e. The van der Waals surface area contributed by atoms with Crippen molar-refractivity contribution in [2.75, 3.05) is 7.05 Å². The molecular formula is C22H28ClN3O3. The first-order valence-electron chi connectivity index (χ1n) is 9.95. The molecule has 0 radical (unpaired) electrons. The molecule has 1 heterocycles. The number of ether oxygens (including phenoxy) is 1. The molecule has 0 atom stereocenters. The second-order valence-electron chi connectivity index (χ2n) is 8.60. The van der Waals surface area contributed by atoms with Crippen molar-refractivity contribution in [3.8, 4) is 0 Å². The van der Waals surface area contributed by atoms with Gasteiger partial charge in [-0.3, -0.25) is 4.79 Å². The molecule has 3 rings (SSSR count). The van der Waals surface area contributed by atoms with Crippen LogP contribution in [-0.2, 0) is 4.74 Å². The van der Waals surface area contributed by atoms with E-state index < -0.39 is 5.60 Å². The molecule has 1 aliphatic rings. The summed E-state index contributed by atoms with van der Waals surface area (Å²) in [5.74, 6) is -0.175. The maximum Gasteiger partial charge on any atom is 0.410 e. The zero-order valence-electron chi connectivity index (χ0n) is 17.4. The van der Waals surface area contributed by atoms with E-state index in [0.717, 1.165) is 36.6 Å². The molecule has 1 aliphatic carbocycles. The number of carbonyl (C=O) groups excluding carboxylic acids is 2. The predicted octanol–water partition coefficient (Wildman–Crippen LogP) is 4.80. The van der Waals surface area contributed by atoms with E-state index in [2.05, 4.69) is 10.3 Å². The quantitative estimate of drug-likeness (QED) is 0.778. The summed E-state index contributed by atoms with van der Waals surface area (Å²) in [6.07, 6.45) is 2.97. The fourth-order valence-electron chi connectivity index (χ4n) is 3.57. The summed E-state index contributed by atoms with van der Waals surface area (Å²) in [5.41, 5.74) is 0.631. The Balaban J connectivity index is 1.54. The number of nitrogens with zero attached hydrogens (tertiary/aromatic N) is 2. The van der Waals surface area contributed by atoms with E-state index in [1.165, 1.54) is 0 Å². The minimum absolute atomic E-state index is 0.0773. The number of carbonyl (C=O) groups is 2. The van der Waals surface area contributed by atoms with E-state index in [1.54, 1.807) is 24.1 Å². The first-order chi connectivity index (χ1) is 13.6. The molecule has 29 heavy (non-hydrogen) atoms. The summed E-state index contributed by atoms with van der Waals surface area (Å²) in [7, 11) is 1.78. The number of rotatable bonds is 3. The van der Waals surface area contributed by atoms with Crippen LogP contribution in [0.1, 0.15) is 56.9 Å². The Kier molecular flexibility index (Phi) is 6.32. The van der Waals surface area contributed by atoms with Gasteiger partial charge in [-0.1, -0.05) is 17.7 Å². The highest BCUT2D eigenvalue weighted by atomic mass is 35.5. The minimum Gasteiger partial charge on any atom is -0.444 e. The first kappa shape index (κ1) is 21.4. The number of halogens is 1. The Morgan fingerprint density at radius 1 is 1.14 bits per heavy atom. The maximum atomic E-state index is 12.6. The molecule has 0 unspecified atom stereocenters. The number of nitrogens with one attached hydrogen (secondary N) is 1. The van der Waals surface area contributed by atoms with Gasteiger partial charge in [0, 0.05) is 29.5 Å². The SMILES string of the molecule is CN(C(=O)OC(C)(C)C)C1CCC(NC(=O)c2ccc3cc(Cl)ccc3n2)CC1. The number of pyridine rings is 1. The third kappa shape index (κ3) is 5.60. The Bertz CT molecular complexity index is 902.